The van der Waals surface area contributed by atoms with Crippen molar-refractivity contribution in [3.63, 3.8) is 0 Å². The van der Waals surface area contributed by atoms with Gasteiger partial charge in [-0.05, 0) is 25.1 Å². The van der Waals surface area contributed by atoms with Crippen molar-refractivity contribution >= 4 is 5.97 Å². The third kappa shape index (κ3) is 1.53. The fourth-order valence-electron chi connectivity index (χ4n) is 1.98. The van der Waals surface area contributed by atoms with Crippen molar-refractivity contribution in [3.8, 4) is 5.75 Å². The number of hydrogen-bond donors (Lipinski definition) is 2. The Morgan fingerprint density at radius 2 is 2.38 bits per heavy atom. The minimum Gasteiger partial charge on any atom is -0.490 e. The van der Waals surface area contributed by atoms with Crippen LogP contribution in [-0.4, -0.2) is 17.2 Å². The van der Waals surface area contributed by atoms with E-state index in [1.807, 2.05) is 0 Å². The van der Waals surface area contributed by atoms with E-state index in [-0.39, 0.29) is 18.1 Å². The summed E-state index contributed by atoms with van der Waals surface area (Å²) < 4.78 is 18.5. The van der Waals surface area contributed by atoms with Gasteiger partial charge in [0.2, 0.25) is 0 Å². The van der Waals surface area contributed by atoms with Gasteiger partial charge in [0.15, 0.2) is 0 Å². The van der Waals surface area contributed by atoms with Crippen LogP contribution < -0.4 is 10.5 Å². The topological polar surface area (TPSA) is 72.6 Å². The Kier molecular flexibility index (Phi) is 2.35. The van der Waals surface area contributed by atoms with Crippen molar-refractivity contribution in [2.24, 2.45) is 5.73 Å². The Balaban J connectivity index is 2.60. The number of carbonyl (C=O) groups is 1. The van der Waals surface area contributed by atoms with Crippen LogP contribution in [0.2, 0.25) is 0 Å². The van der Waals surface area contributed by atoms with Crippen LogP contribution in [0, 0.1) is 5.82 Å². The van der Waals surface area contributed by atoms with E-state index in [1.165, 1.54) is 12.1 Å². The van der Waals surface area contributed by atoms with E-state index in [1.54, 1.807) is 6.92 Å². The standard InChI is InChI=1S/C11H12FNO3/c1-6-5-11(13,10(14)15)8-4-7(12)2-3-9(8)16-6/h2-4,6H,5,13H2,1H3,(H,14,15)/t6-,11-/m0/s1. The number of fused-ring (bicyclic) bond motifs is 1. The SMILES string of the molecule is C[C@H]1C[C@@](N)(C(=O)O)c2cc(F)ccc2O1. The molecule has 16 heavy (non-hydrogen) atoms. The summed E-state index contributed by atoms with van der Waals surface area (Å²) in [7, 11) is 0. The average Bonchev–Trinajstić information content (AvgIpc) is 2.19. The summed E-state index contributed by atoms with van der Waals surface area (Å²) in [5.41, 5.74) is 4.44. The molecule has 5 heteroatoms. The zero-order valence-corrected chi connectivity index (χ0v) is 8.74. The van der Waals surface area contributed by atoms with Gasteiger partial charge in [-0.25, -0.2) is 9.18 Å². The molecular weight excluding hydrogens is 213 g/mol. The maximum Gasteiger partial charge on any atom is 0.328 e. The minimum absolute atomic E-state index is 0.124. The van der Waals surface area contributed by atoms with Gasteiger partial charge in [0.25, 0.3) is 0 Å². The summed E-state index contributed by atoms with van der Waals surface area (Å²) in [6.45, 7) is 1.73. The van der Waals surface area contributed by atoms with E-state index in [9.17, 15) is 9.18 Å². The Bertz CT molecular complexity index is 449. The fraction of sp³-hybridized carbons (Fsp3) is 0.364. The average molecular weight is 225 g/mol. The molecule has 1 aliphatic rings. The van der Waals surface area contributed by atoms with Gasteiger partial charge in [-0.3, -0.25) is 0 Å². The molecule has 86 valence electrons. The Hall–Kier alpha value is -1.62. The van der Waals surface area contributed by atoms with Gasteiger partial charge >= 0.3 is 5.97 Å². The summed E-state index contributed by atoms with van der Waals surface area (Å²) in [4.78, 5) is 11.2. The molecule has 0 aromatic heterocycles. The quantitative estimate of drug-likeness (QED) is 0.754. The molecule has 0 unspecified atom stereocenters. The number of halogens is 1. The van der Waals surface area contributed by atoms with Gasteiger partial charge in [0, 0.05) is 12.0 Å². The van der Waals surface area contributed by atoms with Gasteiger partial charge in [-0.15, -0.1) is 0 Å². The number of carboxylic acid groups (broad SMARTS) is 1. The Morgan fingerprint density at radius 3 is 3.00 bits per heavy atom. The van der Waals surface area contributed by atoms with Crippen LogP contribution in [0.15, 0.2) is 18.2 Å². The molecule has 0 bridgehead atoms. The van der Waals surface area contributed by atoms with E-state index < -0.39 is 17.3 Å². The molecule has 1 aromatic rings. The molecular formula is C11H12FNO3. The van der Waals surface area contributed by atoms with Crippen LogP contribution in [0.4, 0.5) is 4.39 Å². The first-order valence-corrected chi connectivity index (χ1v) is 4.92. The molecule has 0 spiro atoms. The van der Waals surface area contributed by atoms with Crippen LogP contribution >= 0.6 is 0 Å². The van der Waals surface area contributed by atoms with E-state index >= 15 is 0 Å². The number of hydrogen-bond acceptors (Lipinski definition) is 3. The van der Waals surface area contributed by atoms with E-state index in [0.29, 0.717) is 5.75 Å². The van der Waals surface area contributed by atoms with Gasteiger partial charge in [0.1, 0.15) is 17.1 Å². The monoisotopic (exact) mass is 225 g/mol. The number of nitrogens with two attached hydrogens (primary N) is 1. The third-order valence-electron chi connectivity index (χ3n) is 2.74. The maximum absolute atomic E-state index is 13.1. The van der Waals surface area contributed by atoms with Gasteiger partial charge in [-0.2, -0.15) is 0 Å². The normalized spacial score (nSPS) is 28.1. The van der Waals surface area contributed by atoms with Crippen molar-refractivity contribution in [3.05, 3.63) is 29.6 Å². The van der Waals surface area contributed by atoms with Crippen LogP contribution in [0.25, 0.3) is 0 Å². The van der Waals surface area contributed by atoms with E-state index in [0.717, 1.165) is 6.07 Å². The zero-order chi connectivity index (χ0) is 11.9. The fourth-order valence-corrected chi connectivity index (χ4v) is 1.98. The molecule has 0 saturated heterocycles. The lowest BCUT2D eigenvalue weighted by Crippen LogP contribution is -2.50. The molecule has 2 atom stereocenters. The molecule has 0 fully saturated rings. The predicted octanol–water partition coefficient (Wildman–Crippen LogP) is 1.24. The molecule has 4 nitrogen and oxygen atoms in total. The number of rotatable bonds is 1. The smallest absolute Gasteiger partial charge is 0.328 e. The number of carboxylic acids is 1. The second-order valence-electron chi connectivity index (χ2n) is 4.05. The molecule has 0 saturated carbocycles. The molecule has 0 aliphatic carbocycles. The number of ether oxygens (including phenoxy) is 1. The van der Waals surface area contributed by atoms with Gasteiger partial charge in [-0.1, -0.05) is 0 Å². The molecule has 1 heterocycles. The van der Waals surface area contributed by atoms with Crippen molar-refractivity contribution < 1.29 is 19.0 Å². The van der Waals surface area contributed by atoms with Crippen LogP contribution in [0.5, 0.6) is 5.75 Å². The highest BCUT2D eigenvalue weighted by molar-refractivity contribution is 5.82. The summed E-state index contributed by atoms with van der Waals surface area (Å²) in [6, 6.07) is 3.75. The van der Waals surface area contributed by atoms with E-state index in [4.69, 9.17) is 15.6 Å². The second-order valence-corrected chi connectivity index (χ2v) is 4.05. The lowest BCUT2D eigenvalue weighted by atomic mass is 9.83. The summed E-state index contributed by atoms with van der Waals surface area (Å²) in [5, 5.41) is 9.15. The Morgan fingerprint density at radius 1 is 1.69 bits per heavy atom. The second kappa shape index (κ2) is 3.45. The molecule has 2 rings (SSSR count). The number of aliphatic carboxylic acids is 1. The minimum atomic E-state index is -1.57. The van der Waals surface area contributed by atoms with Crippen molar-refractivity contribution in [2.45, 2.75) is 25.0 Å². The zero-order valence-electron chi connectivity index (χ0n) is 8.74. The van der Waals surface area contributed by atoms with Crippen molar-refractivity contribution in [2.75, 3.05) is 0 Å². The third-order valence-corrected chi connectivity index (χ3v) is 2.74. The first-order chi connectivity index (χ1) is 7.43. The van der Waals surface area contributed by atoms with Crippen molar-refractivity contribution in [1.29, 1.82) is 0 Å². The van der Waals surface area contributed by atoms with Crippen LogP contribution in [0.1, 0.15) is 18.9 Å². The maximum atomic E-state index is 13.1. The van der Waals surface area contributed by atoms with Gasteiger partial charge < -0.3 is 15.6 Å². The van der Waals surface area contributed by atoms with Crippen LogP contribution in [0.3, 0.4) is 0 Å². The molecule has 3 N–H and O–H groups in total. The van der Waals surface area contributed by atoms with E-state index in [2.05, 4.69) is 0 Å². The molecule has 1 aromatic carbocycles. The van der Waals surface area contributed by atoms with Crippen molar-refractivity contribution in [1.82, 2.24) is 0 Å². The highest BCUT2D eigenvalue weighted by Gasteiger charge is 2.43. The predicted molar refractivity (Wildman–Crippen MR) is 54.6 cm³/mol. The summed E-state index contributed by atoms with van der Waals surface area (Å²) in [5.74, 6) is -1.35. The highest BCUT2D eigenvalue weighted by Crippen LogP contribution is 2.38. The lowest BCUT2D eigenvalue weighted by Gasteiger charge is -2.35. The lowest BCUT2D eigenvalue weighted by molar-refractivity contribution is -0.145. The summed E-state index contributed by atoms with van der Waals surface area (Å²) >= 11 is 0. The highest BCUT2D eigenvalue weighted by atomic mass is 19.1. The molecule has 0 amide bonds. The first-order valence-electron chi connectivity index (χ1n) is 4.92. The van der Waals surface area contributed by atoms with Gasteiger partial charge in [0.05, 0.1) is 6.10 Å². The number of benzene rings is 1. The summed E-state index contributed by atoms with van der Waals surface area (Å²) in [6.07, 6.45) is -0.183. The first kappa shape index (κ1) is 10.9. The molecule has 1 aliphatic heterocycles. The Labute approximate surface area is 91.8 Å². The van der Waals surface area contributed by atoms with Crippen LogP contribution in [-0.2, 0) is 10.3 Å². The molecule has 0 radical (unpaired) electrons. The largest absolute Gasteiger partial charge is 0.490 e.